The van der Waals surface area contributed by atoms with Crippen molar-refractivity contribution in [2.45, 2.75) is 0 Å². The molecule has 2 aromatic carbocycles. The molecule has 0 atom stereocenters. The zero-order chi connectivity index (χ0) is 16.1. The van der Waals surface area contributed by atoms with Crippen LogP contribution in [0.2, 0.25) is 10.0 Å². The van der Waals surface area contributed by atoms with E-state index in [1.54, 1.807) is 0 Å². The lowest BCUT2D eigenvalue weighted by molar-refractivity contribution is -0.110. The van der Waals surface area contributed by atoms with Gasteiger partial charge in [-0.1, -0.05) is 35.3 Å². The van der Waals surface area contributed by atoms with E-state index < -0.39 is 17.4 Å². The van der Waals surface area contributed by atoms with Gasteiger partial charge >= 0.3 is 0 Å². The Morgan fingerprint density at radius 3 is 1.59 bits per heavy atom. The first-order valence-corrected chi connectivity index (χ1v) is 7.03. The Balaban J connectivity index is 2.17. The average molecular weight is 339 g/mol. The van der Waals surface area contributed by atoms with E-state index in [0.29, 0.717) is 0 Å². The monoisotopic (exact) mass is 338 g/mol. The Kier molecular flexibility index (Phi) is 5.47. The molecule has 0 aliphatic carbocycles. The molecule has 1 nitrogen and oxygen atoms in total. The van der Waals surface area contributed by atoms with Crippen molar-refractivity contribution in [2.75, 3.05) is 0 Å². The van der Waals surface area contributed by atoms with Crippen molar-refractivity contribution in [3.05, 3.63) is 81.4 Å². The van der Waals surface area contributed by atoms with Crippen molar-refractivity contribution in [2.24, 2.45) is 0 Å². The van der Waals surface area contributed by atoms with Gasteiger partial charge in [-0.2, -0.15) is 0 Å². The van der Waals surface area contributed by atoms with Gasteiger partial charge in [0.1, 0.15) is 11.6 Å². The van der Waals surface area contributed by atoms with Crippen molar-refractivity contribution in [3.63, 3.8) is 0 Å². The summed E-state index contributed by atoms with van der Waals surface area (Å²) in [5.41, 5.74) is 0.240. The maximum atomic E-state index is 13.5. The van der Waals surface area contributed by atoms with Crippen molar-refractivity contribution in [3.8, 4) is 0 Å². The van der Waals surface area contributed by atoms with Gasteiger partial charge in [0, 0.05) is 11.1 Å². The van der Waals surface area contributed by atoms with Gasteiger partial charge in [0.05, 0.1) is 10.0 Å². The lowest BCUT2D eigenvalue weighted by atomic mass is 10.1. The first-order chi connectivity index (χ1) is 10.5. The van der Waals surface area contributed by atoms with Crippen LogP contribution in [0.4, 0.5) is 8.78 Å². The molecule has 0 spiro atoms. The molecule has 0 aliphatic rings. The molecule has 0 N–H and O–H groups in total. The fourth-order valence-electron chi connectivity index (χ4n) is 1.73. The molecule has 0 amide bonds. The Labute approximate surface area is 136 Å². The summed E-state index contributed by atoms with van der Waals surface area (Å²) in [6, 6.07) is 8.46. The predicted octanol–water partition coefficient (Wildman–Crippen LogP) is 5.57. The van der Waals surface area contributed by atoms with Gasteiger partial charge in [0.15, 0.2) is 5.78 Å². The summed E-state index contributed by atoms with van der Waals surface area (Å²) >= 11 is 11.7. The van der Waals surface area contributed by atoms with E-state index in [-0.39, 0.29) is 21.2 Å². The minimum absolute atomic E-state index is 0.120. The van der Waals surface area contributed by atoms with Crippen LogP contribution in [0, 0.1) is 11.6 Å². The Hall–Kier alpha value is -1.97. The Morgan fingerprint density at radius 2 is 1.23 bits per heavy atom. The highest BCUT2D eigenvalue weighted by Gasteiger charge is 2.05. The smallest absolute Gasteiger partial charge is 0.178 e. The number of rotatable bonds is 4. The van der Waals surface area contributed by atoms with Gasteiger partial charge < -0.3 is 0 Å². The van der Waals surface area contributed by atoms with E-state index in [1.807, 2.05) is 0 Å². The average Bonchev–Trinajstić information content (AvgIpc) is 2.46. The quantitative estimate of drug-likeness (QED) is 0.666. The number of allylic oxidation sites excluding steroid dienone is 2. The molecule has 5 heteroatoms. The number of ketones is 1. The van der Waals surface area contributed by atoms with Crippen molar-refractivity contribution in [1.82, 2.24) is 0 Å². The van der Waals surface area contributed by atoms with Crippen LogP contribution in [0.1, 0.15) is 11.1 Å². The normalized spacial score (nSPS) is 11.5. The second-order valence-corrected chi connectivity index (χ2v) is 5.15. The summed E-state index contributed by atoms with van der Waals surface area (Å²) in [6.07, 6.45) is 4.84. The summed E-state index contributed by atoms with van der Waals surface area (Å²) in [7, 11) is 0. The Bertz CT molecular complexity index is 663. The predicted molar refractivity (Wildman–Crippen MR) is 85.9 cm³/mol. The van der Waals surface area contributed by atoms with Crippen molar-refractivity contribution < 1.29 is 13.6 Å². The van der Waals surface area contributed by atoms with E-state index in [1.165, 1.54) is 48.6 Å². The fourth-order valence-corrected chi connectivity index (χ4v) is 2.18. The van der Waals surface area contributed by atoms with Gasteiger partial charge in [-0.25, -0.2) is 8.78 Å². The highest BCUT2D eigenvalue weighted by molar-refractivity contribution is 6.32. The lowest BCUT2D eigenvalue weighted by Gasteiger charge is -1.99. The molecule has 0 saturated carbocycles. The van der Waals surface area contributed by atoms with Gasteiger partial charge in [-0.05, 0) is 48.6 Å². The zero-order valence-corrected chi connectivity index (χ0v) is 12.7. The number of hydrogen-bond donors (Lipinski definition) is 0. The first kappa shape index (κ1) is 16.4. The lowest BCUT2D eigenvalue weighted by Crippen LogP contribution is -1.89. The van der Waals surface area contributed by atoms with Gasteiger partial charge in [0.2, 0.25) is 0 Å². The molecular formula is C17H10Cl2F2O. The van der Waals surface area contributed by atoms with Crippen molar-refractivity contribution in [1.29, 1.82) is 0 Å². The van der Waals surface area contributed by atoms with Gasteiger partial charge in [-0.15, -0.1) is 0 Å². The van der Waals surface area contributed by atoms with E-state index in [9.17, 15) is 13.6 Å². The molecule has 22 heavy (non-hydrogen) atoms. The topological polar surface area (TPSA) is 17.1 Å². The molecule has 0 radical (unpaired) electrons. The summed E-state index contributed by atoms with van der Waals surface area (Å²) in [5, 5.41) is 0.398. The maximum Gasteiger partial charge on any atom is 0.178 e. The van der Waals surface area contributed by atoms with Crippen LogP contribution >= 0.6 is 23.2 Å². The van der Waals surface area contributed by atoms with Gasteiger partial charge in [0.25, 0.3) is 0 Å². The number of carbonyl (C=O) groups is 1. The van der Waals surface area contributed by atoms with Crippen LogP contribution in [0.15, 0.2) is 48.6 Å². The van der Waals surface area contributed by atoms with E-state index in [4.69, 9.17) is 23.2 Å². The summed E-state index contributed by atoms with van der Waals surface area (Å²) in [5.74, 6) is -1.51. The largest absolute Gasteiger partial charge is 0.290 e. The second-order valence-electron chi connectivity index (χ2n) is 4.34. The standard InChI is InChI=1S/C17H10Cl2F2O/c18-14-3-1-5-16(20)12(14)9-7-11(22)8-10-13-15(19)4-2-6-17(13)21/h1-10H. The molecule has 0 fully saturated rings. The molecule has 0 aliphatic heterocycles. The summed E-state index contributed by atoms with van der Waals surface area (Å²) in [6.45, 7) is 0. The summed E-state index contributed by atoms with van der Waals surface area (Å²) < 4.78 is 27.1. The third-order valence-electron chi connectivity index (χ3n) is 2.83. The van der Waals surface area contributed by atoms with Crippen LogP contribution in [-0.4, -0.2) is 5.78 Å². The van der Waals surface area contributed by atoms with Crippen LogP contribution in [-0.2, 0) is 4.79 Å². The molecular weight excluding hydrogens is 329 g/mol. The molecule has 2 aromatic rings. The molecule has 0 bridgehead atoms. The first-order valence-electron chi connectivity index (χ1n) is 6.27. The Morgan fingerprint density at radius 1 is 0.818 bits per heavy atom. The third kappa shape index (κ3) is 4.03. The highest BCUT2D eigenvalue weighted by Crippen LogP contribution is 2.21. The second kappa shape index (κ2) is 7.34. The third-order valence-corrected chi connectivity index (χ3v) is 3.49. The summed E-state index contributed by atoms with van der Waals surface area (Å²) in [4.78, 5) is 11.7. The SMILES string of the molecule is O=C(C=Cc1c(F)cccc1Cl)C=Cc1c(F)cccc1Cl. The molecule has 2 rings (SSSR count). The van der Waals surface area contributed by atoms with Gasteiger partial charge in [-0.3, -0.25) is 4.79 Å². The molecule has 112 valence electrons. The minimum atomic E-state index is -0.530. The van der Waals surface area contributed by atoms with E-state index in [0.717, 1.165) is 12.2 Å². The zero-order valence-electron chi connectivity index (χ0n) is 11.2. The minimum Gasteiger partial charge on any atom is -0.290 e. The maximum absolute atomic E-state index is 13.5. The number of carbonyl (C=O) groups excluding carboxylic acids is 1. The number of benzene rings is 2. The number of hydrogen-bond acceptors (Lipinski definition) is 1. The molecule has 0 heterocycles. The van der Waals surface area contributed by atoms with Crippen LogP contribution < -0.4 is 0 Å². The molecule has 0 aromatic heterocycles. The fraction of sp³-hybridized carbons (Fsp3) is 0. The van der Waals surface area contributed by atoms with Crippen LogP contribution in [0.3, 0.4) is 0 Å². The molecule has 0 unspecified atom stereocenters. The van der Waals surface area contributed by atoms with E-state index >= 15 is 0 Å². The number of halogens is 4. The van der Waals surface area contributed by atoms with Crippen LogP contribution in [0.25, 0.3) is 12.2 Å². The molecule has 0 saturated heterocycles. The van der Waals surface area contributed by atoms with Crippen molar-refractivity contribution >= 4 is 41.1 Å². The highest BCUT2D eigenvalue weighted by atomic mass is 35.5. The van der Waals surface area contributed by atoms with Crippen LogP contribution in [0.5, 0.6) is 0 Å². The van der Waals surface area contributed by atoms with E-state index in [2.05, 4.69) is 0 Å².